The van der Waals surface area contributed by atoms with Gasteiger partial charge in [0.05, 0.1) is 31.9 Å². The van der Waals surface area contributed by atoms with Gasteiger partial charge in [0.1, 0.15) is 11.6 Å². The highest BCUT2D eigenvalue weighted by atomic mass is 19.1. The largest absolute Gasteiger partial charge is 0.359 e. The summed E-state index contributed by atoms with van der Waals surface area (Å²) in [5, 5.41) is 12.7. The van der Waals surface area contributed by atoms with E-state index in [0.717, 1.165) is 70.1 Å². The third-order valence-corrected chi connectivity index (χ3v) is 5.09. The van der Waals surface area contributed by atoms with Crippen molar-refractivity contribution in [2.45, 2.75) is 25.7 Å². The highest BCUT2D eigenvalue weighted by Gasteiger charge is 2.30. The molecular formula is C19H25F2N4O+. The lowest BCUT2D eigenvalue weighted by Crippen LogP contribution is -2.89. The normalized spacial score (nSPS) is 19.2. The maximum Gasteiger partial charge on any atom is 0.254 e. The van der Waals surface area contributed by atoms with Crippen molar-refractivity contribution in [1.82, 2.24) is 4.90 Å². The number of quaternary nitrogens is 1. The fourth-order valence-corrected chi connectivity index (χ4v) is 3.88. The summed E-state index contributed by atoms with van der Waals surface area (Å²) < 4.78 is 26.9. The molecule has 1 aromatic rings. The van der Waals surface area contributed by atoms with E-state index in [0.29, 0.717) is 11.3 Å². The van der Waals surface area contributed by atoms with Crippen LogP contribution in [0.1, 0.15) is 25.7 Å². The molecule has 1 saturated heterocycles. The minimum atomic E-state index is -0.731. The second-order valence-electron chi connectivity index (χ2n) is 6.89. The molecule has 0 unspecified atom stereocenters. The molecule has 1 heterocycles. The summed E-state index contributed by atoms with van der Waals surface area (Å²) in [4.78, 5) is 15.1. The molecule has 7 heteroatoms. The lowest BCUT2D eigenvalue weighted by Gasteiger charge is -2.31. The van der Waals surface area contributed by atoms with E-state index in [-0.39, 0.29) is 17.5 Å². The van der Waals surface area contributed by atoms with E-state index in [1.807, 2.05) is 0 Å². The van der Waals surface area contributed by atoms with Gasteiger partial charge in [0.15, 0.2) is 0 Å². The van der Waals surface area contributed by atoms with Crippen LogP contribution >= 0.6 is 0 Å². The van der Waals surface area contributed by atoms with Crippen molar-refractivity contribution in [2.75, 3.05) is 31.5 Å². The zero-order valence-electron chi connectivity index (χ0n) is 14.7. The molecule has 0 radical (unpaired) electrons. The molecule has 26 heavy (non-hydrogen) atoms. The number of benzene rings is 1. The van der Waals surface area contributed by atoms with Crippen molar-refractivity contribution in [2.24, 2.45) is 5.92 Å². The lowest BCUT2D eigenvalue weighted by atomic mass is 9.93. The van der Waals surface area contributed by atoms with Crippen molar-refractivity contribution < 1.29 is 18.9 Å². The standard InChI is InChI=1S/C19H24F2N4O/c20-14-9-15(21)11-16(10-14)24-19(26)18(13-3-1-2-4-13)17(12-22)25-7-5-23-6-8-25/h9-13,22-23H,1-8H2,(H,24,26)/p+1/b18-17+,22-12?. The molecule has 4 N–H and O–H groups in total. The molecule has 140 valence electrons. The highest BCUT2D eigenvalue weighted by molar-refractivity contribution is 6.07. The number of piperazine rings is 1. The highest BCUT2D eigenvalue weighted by Crippen LogP contribution is 2.34. The minimum Gasteiger partial charge on any atom is -0.359 e. The zero-order chi connectivity index (χ0) is 18.5. The first-order valence-electron chi connectivity index (χ1n) is 9.17. The van der Waals surface area contributed by atoms with Gasteiger partial charge >= 0.3 is 0 Å². The predicted molar refractivity (Wildman–Crippen MR) is 96.0 cm³/mol. The minimum absolute atomic E-state index is 0.0795. The number of halogens is 2. The number of hydrogen-bond donors (Lipinski definition) is 3. The van der Waals surface area contributed by atoms with E-state index in [4.69, 9.17) is 5.41 Å². The van der Waals surface area contributed by atoms with E-state index in [2.05, 4.69) is 15.5 Å². The van der Waals surface area contributed by atoms with Gasteiger partial charge in [0.2, 0.25) is 0 Å². The van der Waals surface area contributed by atoms with Crippen LogP contribution in [0.5, 0.6) is 0 Å². The van der Waals surface area contributed by atoms with E-state index < -0.39 is 11.6 Å². The Bertz CT molecular complexity index is 687. The number of nitrogens with zero attached hydrogens (tertiary/aromatic N) is 1. The topological polar surface area (TPSA) is 72.8 Å². The van der Waals surface area contributed by atoms with E-state index in [9.17, 15) is 13.6 Å². The third-order valence-electron chi connectivity index (χ3n) is 5.09. The van der Waals surface area contributed by atoms with Crippen molar-refractivity contribution in [3.05, 3.63) is 41.1 Å². The Kier molecular flexibility index (Phi) is 5.98. The Morgan fingerprint density at radius 2 is 1.77 bits per heavy atom. The maximum absolute atomic E-state index is 13.4. The van der Waals surface area contributed by atoms with Gasteiger partial charge in [-0.3, -0.25) is 4.79 Å². The van der Waals surface area contributed by atoms with E-state index in [1.54, 1.807) is 0 Å². The smallest absolute Gasteiger partial charge is 0.254 e. The number of nitrogens with two attached hydrogens (primary N) is 1. The number of nitrogens with one attached hydrogen (secondary N) is 2. The fourth-order valence-electron chi connectivity index (χ4n) is 3.88. The number of rotatable bonds is 5. The molecule has 2 aliphatic rings. The van der Waals surface area contributed by atoms with Crippen molar-refractivity contribution in [3.63, 3.8) is 0 Å². The summed E-state index contributed by atoms with van der Waals surface area (Å²) in [6.45, 7) is 3.41. The molecule has 3 rings (SSSR count). The second kappa shape index (κ2) is 8.40. The van der Waals surface area contributed by atoms with Crippen LogP contribution in [0.3, 0.4) is 0 Å². The van der Waals surface area contributed by atoms with Crippen molar-refractivity contribution >= 4 is 17.8 Å². The van der Waals surface area contributed by atoms with Crippen molar-refractivity contribution in [1.29, 1.82) is 5.41 Å². The molecule has 1 aromatic carbocycles. The van der Waals surface area contributed by atoms with Gasteiger partial charge in [-0.1, -0.05) is 12.8 Å². The lowest BCUT2D eigenvalue weighted by molar-refractivity contribution is -0.662. The average molecular weight is 363 g/mol. The van der Waals surface area contributed by atoms with Gasteiger partial charge in [-0.15, -0.1) is 0 Å². The summed E-state index contributed by atoms with van der Waals surface area (Å²) in [5.41, 5.74) is 1.31. The van der Waals surface area contributed by atoms with Gasteiger partial charge in [-0.2, -0.15) is 0 Å². The second-order valence-corrected chi connectivity index (χ2v) is 6.89. The number of carbonyl (C=O) groups excluding carboxylic acids is 1. The molecule has 1 amide bonds. The van der Waals surface area contributed by atoms with Crippen molar-refractivity contribution in [3.8, 4) is 0 Å². The molecule has 1 saturated carbocycles. The molecule has 5 nitrogen and oxygen atoms in total. The van der Waals surface area contributed by atoms with Gasteiger partial charge in [-0.05, 0) is 30.9 Å². The van der Waals surface area contributed by atoms with E-state index >= 15 is 0 Å². The van der Waals surface area contributed by atoms with Crippen LogP contribution in [0.4, 0.5) is 14.5 Å². The number of carbonyl (C=O) groups is 1. The summed E-state index contributed by atoms with van der Waals surface area (Å²) in [5.74, 6) is -1.75. The Labute approximate surface area is 152 Å². The SMILES string of the molecule is N=C/C(=C(\C(=O)Nc1cc(F)cc(F)c1)C1CCCC1)N1CC[NH2+]CC1. The summed E-state index contributed by atoms with van der Waals surface area (Å²) in [6.07, 6.45) is 5.16. The Hall–Kier alpha value is -2.28. The maximum atomic E-state index is 13.4. The van der Waals surface area contributed by atoms with Crippen LogP contribution in [-0.4, -0.2) is 43.2 Å². The number of hydrogen-bond acceptors (Lipinski definition) is 3. The average Bonchev–Trinajstić information content (AvgIpc) is 3.13. The van der Waals surface area contributed by atoms with Crippen LogP contribution in [0.2, 0.25) is 0 Å². The summed E-state index contributed by atoms with van der Waals surface area (Å²) >= 11 is 0. The number of allylic oxidation sites excluding steroid dienone is 1. The van der Waals surface area contributed by atoms with Gasteiger partial charge in [-0.25, -0.2) is 8.78 Å². The van der Waals surface area contributed by atoms with Gasteiger partial charge < -0.3 is 20.9 Å². The van der Waals surface area contributed by atoms with Gasteiger partial charge in [0.25, 0.3) is 5.91 Å². The Morgan fingerprint density at radius 1 is 1.15 bits per heavy atom. The molecule has 2 fully saturated rings. The summed E-state index contributed by atoms with van der Waals surface area (Å²) in [6, 6.07) is 2.98. The first-order valence-corrected chi connectivity index (χ1v) is 9.17. The van der Waals surface area contributed by atoms with E-state index in [1.165, 1.54) is 6.21 Å². The van der Waals surface area contributed by atoms with Crippen LogP contribution in [0, 0.1) is 23.0 Å². The first-order chi connectivity index (χ1) is 12.6. The Morgan fingerprint density at radius 3 is 2.35 bits per heavy atom. The summed E-state index contributed by atoms with van der Waals surface area (Å²) in [7, 11) is 0. The molecule has 1 aliphatic carbocycles. The fraction of sp³-hybridized carbons (Fsp3) is 0.474. The third kappa shape index (κ3) is 4.27. The predicted octanol–water partition coefficient (Wildman–Crippen LogP) is 1.88. The van der Waals surface area contributed by atoms with Crippen LogP contribution in [0.15, 0.2) is 29.5 Å². The number of amides is 1. The zero-order valence-corrected chi connectivity index (χ0v) is 14.7. The monoisotopic (exact) mass is 363 g/mol. The molecule has 0 bridgehead atoms. The molecule has 0 aromatic heterocycles. The quantitative estimate of drug-likeness (QED) is 0.552. The molecule has 0 spiro atoms. The molecule has 0 atom stereocenters. The Balaban J connectivity index is 1.92. The van der Waals surface area contributed by atoms with Gasteiger partial charge in [0, 0.05) is 23.5 Å². The van der Waals surface area contributed by atoms with Crippen LogP contribution in [-0.2, 0) is 4.79 Å². The van der Waals surface area contributed by atoms with Crippen LogP contribution < -0.4 is 10.6 Å². The van der Waals surface area contributed by atoms with Crippen LogP contribution in [0.25, 0.3) is 0 Å². The molecule has 1 aliphatic heterocycles. The number of anilines is 1. The first kappa shape index (κ1) is 18.5. The molecular weight excluding hydrogens is 338 g/mol.